The normalized spacial score (nSPS) is 13.5. The molecular formula is C27H45N3O5S. The van der Waals surface area contributed by atoms with Gasteiger partial charge in [0, 0.05) is 17.8 Å². The number of unbranched alkanes of at least 4 members (excludes halogenated alkanes) is 2. The third-order valence-electron chi connectivity index (χ3n) is 6.05. The topological polar surface area (TPSA) is 108 Å². The molecule has 1 aromatic carbocycles. The highest BCUT2D eigenvalue weighted by atomic mass is 32.1. The highest BCUT2D eigenvalue weighted by Gasteiger charge is 2.42. The first kappa shape index (κ1) is 31.6. The molecule has 2 unspecified atom stereocenters. The van der Waals surface area contributed by atoms with Gasteiger partial charge in [0.05, 0.1) is 0 Å². The van der Waals surface area contributed by atoms with Gasteiger partial charge in [0.25, 0.3) is 0 Å². The molecule has 0 aliphatic heterocycles. The van der Waals surface area contributed by atoms with E-state index in [1.54, 1.807) is 39.8 Å². The number of hydrogen-bond acceptors (Lipinski definition) is 6. The average molecular weight is 524 g/mol. The van der Waals surface area contributed by atoms with E-state index in [2.05, 4.69) is 30.2 Å². The van der Waals surface area contributed by atoms with Crippen molar-refractivity contribution in [3.8, 4) is 5.75 Å². The molecule has 0 saturated carbocycles. The molecule has 0 saturated heterocycles. The highest BCUT2D eigenvalue weighted by molar-refractivity contribution is 7.80. The number of phenols is 1. The number of aromatic hydroxyl groups is 1. The summed E-state index contributed by atoms with van der Waals surface area (Å²) in [6.07, 6.45) is 2.65. The number of amides is 3. The fourth-order valence-corrected chi connectivity index (χ4v) is 3.95. The number of aryl methyl sites for hydroxylation is 1. The lowest BCUT2D eigenvalue weighted by Crippen LogP contribution is -2.60. The van der Waals surface area contributed by atoms with Gasteiger partial charge in [0.1, 0.15) is 23.4 Å². The van der Waals surface area contributed by atoms with E-state index in [1.807, 2.05) is 20.8 Å². The van der Waals surface area contributed by atoms with Crippen molar-refractivity contribution in [1.29, 1.82) is 0 Å². The number of nitrogens with zero attached hydrogens (tertiary/aromatic N) is 1. The Balaban J connectivity index is 3.51. The first-order valence-corrected chi connectivity index (χ1v) is 13.3. The summed E-state index contributed by atoms with van der Waals surface area (Å²) < 4.78 is 5.35. The largest absolute Gasteiger partial charge is 0.508 e. The minimum atomic E-state index is -1.01. The van der Waals surface area contributed by atoms with Gasteiger partial charge in [-0.05, 0) is 77.6 Å². The molecule has 204 valence electrons. The molecule has 0 bridgehead atoms. The first-order valence-electron chi connectivity index (χ1n) is 12.7. The van der Waals surface area contributed by atoms with E-state index < -0.39 is 35.2 Å². The first-order chi connectivity index (χ1) is 16.7. The molecule has 0 spiro atoms. The van der Waals surface area contributed by atoms with Crippen molar-refractivity contribution in [2.24, 2.45) is 0 Å². The lowest BCUT2D eigenvalue weighted by atomic mass is 9.91. The Morgan fingerprint density at radius 1 is 1.11 bits per heavy atom. The SMILES string of the molecule is CCCCCNC(=O)C(c1ccc(O)c(C)c1)N(C(=O)C(CS)NC(=O)OC(C)(C)C)C(C)(C)CC. The summed E-state index contributed by atoms with van der Waals surface area (Å²) in [6, 6.07) is 2.91. The summed E-state index contributed by atoms with van der Waals surface area (Å²) in [5.41, 5.74) is -0.314. The molecule has 0 heterocycles. The number of hydrogen-bond donors (Lipinski definition) is 4. The Bertz CT molecular complexity index is 898. The summed E-state index contributed by atoms with van der Waals surface area (Å²) in [5.74, 6) is -0.634. The van der Waals surface area contributed by atoms with Gasteiger partial charge in [-0.3, -0.25) is 9.59 Å². The lowest BCUT2D eigenvalue weighted by molar-refractivity contribution is -0.148. The van der Waals surface area contributed by atoms with Crippen LogP contribution in [0.3, 0.4) is 0 Å². The predicted molar refractivity (Wildman–Crippen MR) is 146 cm³/mol. The number of thiol groups is 1. The minimum Gasteiger partial charge on any atom is -0.508 e. The molecule has 2 atom stereocenters. The molecule has 36 heavy (non-hydrogen) atoms. The van der Waals surface area contributed by atoms with E-state index in [4.69, 9.17) is 4.74 Å². The number of nitrogens with one attached hydrogen (secondary N) is 2. The van der Waals surface area contributed by atoms with Gasteiger partial charge < -0.3 is 25.4 Å². The molecule has 3 N–H and O–H groups in total. The number of rotatable bonds is 12. The fraction of sp³-hybridized carbons (Fsp3) is 0.667. The van der Waals surface area contributed by atoms with Crippen LogP contribution in [0.15, 0.2) is 18.2 Å². The molecule has 3 amide bonds. The van der Waals surface area contributed by atoms with Gasteiger partial charge in [0.15, 0.2) is 0 Å². The van der Waals surface area contributed by atoms with E-state index in [1.165, 1.54) is 11.0 Å². The van der Waals surface area contributed by atoms with Gasteiger partial charge in [-0.1, -0.05) is 32.8 Å². The Kier molecular flexibility index (Phi) is 12.1. The maximum absolute atomic E-state index is 14.0. The van der Waals surface area contributed by atoms with Crippen LogP contribution >= 0.6 is 12.6 Å². The summed E-state index contributed by atoms with van der Waals surface area (Å²) in [5, 5.41) is 15.7. The zero-order valence-electron chi connectivity index (χ0n) is 23.1. The second-order valence-electron chi connectivity index (χ2n) is 10.7. The quantitative estimate of drug-likeness (QED) is 0.231. The molecule has 9 heteroatoms. The van der Waals surface area contributed by atoms with Crippen LogP contribution < -0.4 is 10.6 Å². The van der Waals surface area contributed by atoms with Gasteiger partial charge in [-0.2, -0.15) is 12.6 Å². The van der Waals surface area contributed by atoms with E-state index in [0.29, 0.717) is 24.1 Å². The van der Waals surface area contributed by atoms with Crippen LogP contribution in [0.4, 0.5) is 4.79 Å². The monoisotopic (exact) mass is 523 g/mol. The van der Waals surface area contributed by atoms with Crippen molar-refractivity contribution >= 4 is 30.5 Å². The van der Waals surface area contributed by atoms with Crippen molar-refractivity contribution < 1.29 is 24.2 Å². The third-order valence-corrected chi connectivity index (χ3v) is 6.41. The summed E-state index contributed by atoms with van der Waals surface area (Å²) in [6.45, 7) is 15.2. The van der Waals surface area contributed by atoms with Crippen molar-refractivity contribution in [3.63, 3.8) is 0 Å². The number of ether oxygens (including phenoxy) is 1. The number of alkyl carbamates (subject to hydrolysis) is 1. The fourth-order valence-electron chi connectivity index (χ4n) is 3.70. The smallest absolute Gasteiger partial charge is 0.408 e. The second-order valence-corrected chi connectivity index (χ2v) is 11.1. The average Bonchev–Trinajstić information content (AvgIpc) is 2.78. The Hall–Kier alpha value is -2.42. The predicted octanol–water partition coefficient (Wildman–Crippen LogP) is 4.89. The molecule has 0 radical (unpaired) electrons. The molecule has 0 aromatic heterocycles. The Morgan fingerprint density at radius 2 is 1.75 bits per heavy atom. The number of phenolic OH excluding ortho intramolecular Hbond substituents is 1. The van der Waals surface area contributed by atoms with Gasteiger partial charge in [-0.25, -0.2) is 4.79 Å². The summed E-state index contributed by atoms with van der Waals surface area (Å²) in [4.78, 5) is 41.7. The van der Waals surface area contributed by atoms with Gasteiger partial charge >= 0.3 is 6.09 Å². The van der Waals surface area contributed by atoms with Crippen LogP contribution in [0.2, 0.25) is 0 Å². The van der Waals surface area contributed by atoms with E-state index >= 15 is 0 Å². The maximum atomic E-state index is 14.0. The van der Waals surface area contributed by atoms with Crippen LogP contribution in [0.1, 0.15) is 91.3 Å². The highest BCUT2D eigenvalue weighted by Crippen LogP contribution is 2.34. The number of carbonyl (C=O) groups excluding carboxylic acids is 3. The minimum absolute atomic E-state index is 0.0216. The molecular weight excluding hydrogens is 478 g/mol. The molecule has 1 rings (SSSR count). The standard InChI is InChI=1S/C27H45N3O5S/c1-9-11-12-15-28-23(32)22(19-13-14-21(31)18(3)16-19)30(27(7,8)10-2)24(33)20(17-36)29-25(34)35-26(4,5)6/h13-14,16,20,22,31,36H,9-12,15,17H2,1-8H3,(H,28,32)(H,29,34). The van der Waals surface area contributed by atoms with Crippen LogP contribution in [0.25, 0.3) is 0 Å². The number of carbonyl (C=O) groups is 3. The maximum Gasteiger partial charge on any atom is 0.408 e. The molecule has 0 fully saturated rings. The molecule has 1 aromatic rings. The molecule has 0 aliphatic carbocycles. The summed E-state index contributed by atoms with van der Waals surface area (Å²) >= 11 is 4.33. The van der Waals surface area contributed by atoms with Crippen LogP contribution in [0, 0.1) is 6.92 Å². The van der Waals surface area contributed by atoms with Crippen molar-refractivity contribution in [1.82, 2.24) is 15.5 Å². The zero-order valence-corrected chi connectivity index (χ0v) is 24.0. The van der Waals surface area contributed by atoms with Crippen LogP contribution in [0.5, 0.6) is 5.75 Å². The van der Waals surface area contributed by atoms with Crippen molar-refractivity contribution in [2.75, 3.05) is 12.3 Å². The third kappa shape index (κ3) is 9.22. The van der Waals surface area contributed by atoms with Crippen molar-refractivity contribution in [3.05, 3.63) is 29.3 Å². The molecule has 8 nitrogen and oxygen atoms in total. The Morgan fingerprint density at radius 3 is 2.25 bits per heavy atom. The van der Waals surface area contributed by atoms with E-state index in [9.17, 15) is 19.5 Å². The van der Waals surface area contributed by atoms with Gasteiger partial charge in [-0.15, -0.1) is 0 Å². The number of benzene rings is 1. The lowest BCUT2D eigenvalue weighted by Gasteiger charge is -2.44. The van der Waals surface area contributed by atoms with Crippen LogP contribution in [-0.4, -0.2) is 57.4 Å². The van der Waals surface area contributed by atoms with E-state index in [0.717, 1.165) is 19.3 Å². The van der Waals surface area contributed by atoms with Crippen molar-refractivity contribution in [2.45, 2.75) is 104 Å². The molecule has 0 aliphatic rings. The van der Waals surface area contributed by atoms with E-state index in [-0.39, 0.29) is 17.4 Å². The van der Waals surface area contributed by atoms with Gasteiger partial charge in [0.2, 0.25) is 11.8 Å². The zero-order chi connectivity index (χ0) is 27.7. The summed E-state index contributed by atoms with van der Waals surface area (Å²) in [7, 11) is 0. The Labute approximate surface area is 222 Å². The van der Waals surface area contributed by atoms with Crippen LogP contribution in [-0.2, 0) is 14.3 Å². The second kappa shape index (κ2) is 13.8.